The molecule has 0 aliphatic carbocycles. The molecule has 0 radical (unpaired) electrons. The lowest BCUT2D eigenvalue weighted by molar-refractivity contribution is 1.05. The number of aromatic nitrogens is 3. The average Bonchev–Trinajstić information content (AvgIpc) is 2.53. The van der Waals surface area contributed by atoms with Crippen molar-refractivity contribution in [1.82, 2.24) is 15.2 Å². The van der Waals surface area contributed by atoms with Crippen molar-refractivity contribution in [3.8, 4) is 11.1 Å². The number of aromatic amines is 1. The van der Waals surface area contributed by atoms with Gasteiger partial charge in [0.25, 0.3) is 0 Å². The van der Waals surface area contributed by atoms with E-state index in [9.17, 15) is 0 Å². The summed E-state index contributed by atoms with van der Waals surface area (Å²) in [4.78, 5) is 4.15. The Hall–Kier alpha value is -1.16. The van der Waals surface area contributed by atoms with Gasteiger partial charge in [0, 0.05) is 23.0 Å². The second-order valence-electron chi connectivity index (χ2n) is 2.78. The molecule has 0 fully saturated rings. The van der Waals surface area contributed by atoms with E-state index in [2.05, 4.69) is 31.1 Å². The van der Waals surface area contributed by atoms with Crippen LogP contribution in [0, 0.1) is 6.92 Å². The van der Waals surface area contributed by atoms with E-state index in [0.29, 0.717) is 0 Å². The van der Waals surface area contributed by atoms with Gasteiger partial charge in [0.05, 0.1) is 6.20 Å². The van der Waals surface area contributed by atoms with Crippen LogP contribution in [0.4, 0.5) is 0 Å². The monoisotopic (exact) mass is 237 g/mol. The van der Waals surface area contributed by atoms with Gasteiger partial charge in [0.1, 0.15) is 4.60 Å². The van der Waals surface area contributed by atoms with Crippen molar-refractivity contribution in [1.29, 1.82) is 0 Å². The summed E-state index contributed by atoms with van der Waals surface area (Å²) in [5, 5.41) is 6.85. The van der Waals surface area contributed by atoms with Crippen LogP contribution >= 0.6 is 15.9 Å². The summed E-state index contributed by atoms with van der Waals surface area (Å²) < 4.78 is 0.845. The van der Waals surface area contributed by atoms with Crippen LogP contribution in [-0.2, 0) is 0 Å². The van der Waals surface area contributed by atoms with Crippen molar-refractivity contribution >= 4 is 15.9 Å². The predicted octanol–water partition coefficient (Wildman–Crippen LogP) is 2.54. The molecule has 0 spiro atoms. The summed E-state index contributed by atoms with van der Waals surface area (Å²) in [7, 11) is 0. The molecule has 2 rings (SSSR count). The summed E-state index contributed by atoms with van der Waals surface area (Å²) in [6, 6.07) is 3.93. The maximum absolute atomic E-state index is 4.15. The zero-order chi connectivity index (χ0) is 9.26. The van der Waals surface area contributed by atoms with E-state index in [4.69, 9.17) is 0 Å². The Kier molecular flexibility index (Phi) is 2.14. The molecule has 13 heavy (non-hydrogen) atoms. The molecule has 0 aliphatic heterocycles. The number of hydrogen-bond acceptors (Lipinski definition) is 2. The van der Waals surface area contributed by atoms with Crippen molar-refractivity contribution in [3.05, 3.63) is 34.8 Å². The summed E-state index contributed by atoms with van der Waals surface area (Å²) in [5.41, 5.74) is 3.23. The van der Waals surface area contributed by atoms with Gasteiger partial charge in [-0.2, -0.15) is 5.10 Å². The first-order valence-corrected chi connectivity index (χ1v) is 4.68. The van der Waals surface area contributed by atoms with Crippen LogP contribution in [0.15, 0.2) is 29.1 Å². The van der Waals surface area contributed by atoms with Gasteiger partial charge in [0.15, 0.2) is 0 Å². The van der Waals surface area contributed by atoms with E-state index in [1.165, 1.54) is 0 Å². The third kappa shape index (κ3) is 1.62. The minimum Gasteiger partial charge on any atom is -0.282 e. The molecule has 0 unspecified atom stereocenters. The summed E-state index contributed by atoms with van der Waals surface area (Å²) in [6.45, 7) is 1.99. The Labute approximate surface area is 84.3 Å². The fourth-order valence-electron chi connectivity index (χ4n) is 1.18. The molecule has 2 aromatic heterocycles. The lowest BCUT2D eigenvalue weighted by Gasteiger charge is -1.97. The lowest BCUT2D eigenvalue weighted by atomic mass is 10.1. The van der Waals surface area contributed by atoms with Crippen molar-refractivity contribution in [2.24, 2.45) is 0 Å². The Balaban J connectivity index is 2.47. The van der Waals surface area contributed by atoms with E-state index in [1.54, 1.807) is 6.20 Å². The number of rotatable bonds is 1. The van der Waals surface area contributed by atoms with E-state index in [1.807, 2.05) is 25.3 Å². The molecule has 0 amide bonds. The van der Waals surface area contributed by atoms with Crippen LogP contribution in [0.5, 0.6) is 0 Å². The summed E-state index contributed by atoms with van der Waals surface area (Å²) >= 11 is 3.29. The normalized spacial score (nSPS) is 10.3. The van der Waals surface area contributed by atoms with Gasteiger partial charge in [-0.15, -0.1) is 0 Å². The van der Waals surface area contributed by atoms with Gasteiger partial charge in [-0.3, -0.25) is 5.10 Å². The van der Waals surface area contributed by atoms with Crippen LogP contribution in [0.25, 0.3) is 11.1 Å². The van der Waals surface area contributed by atoms with Gasteiger partial charge < -0.3 is 0 Å². The molecule has 0 saturated carbocycles. The third-order valence-corrected chi connectivity index (χ3v) is 2.34. The van der Waals surface area contributed by atoms with Gasteiger partial charge >= 0.3 is 0 Å². The Bertz CT molecular complexity index is 405. The lowest BCUT2D eigenvalue weighted by Crippen LogP contribution is -1.81. The van der Waals surface area contributed by atoms with Crippen LogP contribution in [0.2, 0.25) is 0 Å². The smallest absolute Gasteiger partial charge is 0.106 e. The van der Waals surface area contributed by atoms with Crippen LogP contribution < -0.4 is 0 Å². The van der Waals surface area contributed by atoms with Crippen LogP contribution in [0.3, 0.4) is 0 Å². The number of H-pyrrole nitrogens is 1. The Morgan fingerprint density at radius 1 is 1.31 bits per heavy atom. The summed E-state index contributed by atoms with van der Waals surface area (Å²) in [5.74, 6) is 0. The average molecular weight is 238 g/mol. The highest BCUT2D eigenvalue weighted by Crippen LogP contribution is 2.21. The second-order valence-corrected chi connectivity index (χ2v) is 3.59. The minimum absolute atomic E-state index is 0.845. The molecule has 2 aromatic rings. The third-order valence-electron chi connectivity index (χ3n) is 1.87. The highest BCUT2D eigenvalue weighted by atomic mass is 79.9. The Morgan fingerprint density at radius 2 is 2.15 bits per heavy atom. The topological polar surface area (TPSA) is 41.6 Å². The van der Waals surface area contributed by atoms with Gasteiger partial charge in [-0.1, -0.05) is 6.07 Å². The van der Waals surface area contributed by atoms with E-state index in [-0.39, 0.29) is 0 Å². The van der Waals surface area contributed by atoms with Crippen LogP contribution in [-0.4, -0.2) is 15.2 Å². The molecule has 4 heteroatoms. The number of pyridine rings is 1. The maximum Gasteiger partial charge on any atom is 0.106 e. The van der Waals surface area contributed by atoms with E-state index < -0.39 is 0 Å². The number of nitrogens with zero attached hydrogens (tertiary/aromatic N) is 2. The first-order valence-electron chi connectivity index (χ1n) is 3.89. The first-order chi connectivity index (χ1) is 6.27. The zero-order valence-electron chi connectivity index (χ0n) is 7.08. The van der Waals surface area contributed by atoms with E-state index >= 15 is 0 Å². The molecule has 1 N–H and O–H groups in total. The molecule has 0 aliphatic rings. The fourth-order valence-corrected chi connectivity index (χ4v) is 1.41. The molecule has 0 aromatic carbocycles. The molecule has 0 bridgehead atoms. The molecule has 0 atom stereocenters. The van der Waals surface area contributed by atoms with Gasteiger partial charge in [0.2, 0.25) is 0 Å². The van der Waals surface area contributed by atoms with Crippen molar-refractivity contribution in [3.63, 3.8) is 0 Å². The first kappa shape index (κ1) is 8.44. The molecule has 66 valence electrons. The number of aryl methyl sites for hydroxylation is 1. The Morgan fingerprint density at radius 3 is 2.69 bits per heavy atom. The number of hydrogen-bond donors (Lipinski definition) is 1. The van der Waals surface area contributed by atoms with Crippen LogP contribution in [0.1, 0.15) is 5.69 Å². The van der Waals surface area contributed by atoms with Crippen molar-refractivity contribution in [2.45, 2.75) is 6.92 Å². The molecule has 2 heterocycles. The zero-order valence-corrected chi connectivity index (χ0v) is 8.67. The predicted molar refractivity (Wildman–Crippen MR) is 54.3 cm³/mol. The maximum atomic E-state index is 4.15. The summed E-state index contributed by atoms with van der Waals surface area (Å²) in [6.07, 6.45) is 3.63. The standard InChI is InChI=1S/C9H8BrN3/c1-6-8(5-12-13-6)7-2-3-9(10)11-4-7/h2-5H,1H3,(H,12,13). The molecule has 3 nitrogen and oxygen atoms in total. The molecular formula is C9H8BrN3. The van der Waals surface area contributed by atoms with Gasteiger partial charge in [-0.25, -0.2) is 4.98 Å². The molecule has 0 saturated heterocycles. The van der Waals surface area contributed by atoms with Crippen molar-refractivity contribution < 1.29 is 0 Å². The molecular weight excluding hydrogens is 230 g/mol. The SMILES string of the molecule is Cc1[nH]ncc1-c1ccc(Br)nc1. The quantitative estimate of drug-likeness (QED) is 0.775. The fraction of sp³-hybridized carbons (Fsp3) is 0.111. The van der Waals surface area contributed by atoms with Crippen molar-refractivity contribution in [2.75, 3.05) is 0 Å². The highest BCUT2D eigenvalue weighted by molar-refractivity contribution is 9.10. The second kappa shape index (κ2) is 3.30. The minimum atomic E-state index is 0.845. The number of nitrogens with one attached hydrogen (secondary N) is 1. The largest absolute Gasteiger partial charge is 0.282 e. The van der Waals surface area contributed by atoms with Gasteiger partial charge in [-0.05, 0) is 28.9 Å². The highest BCUT2D eigenvalue weighted by Gasteiger charge is 2.02. The number of halogens is 1. The van der Waals surface area contributed by atoms with E-state index in [0.717, 1.165) is 21.4 Å².